The predicted molar refractivity (Wildman–Crippen MR) is 120 cm³/mol. The van der Waals surface area contributed by atoms with Crippen molar-refractivity contribution in [3.63, 3.8) is 0 Å². The number of carbonyl (C=O) groups is 1. The van der Waals surface area contributed by atoms with Crippen LogP contribution in [0.2, 0.25) is 0 Å². The Balaban J connectivity index is 1.39. The van der Waals surface area contributed by atoms with Gasteiger partial charge in [-0.05, 0) is 62.3 Å². The molecule has 0 spiro atoms. The highest BCUT2D eigenvalue weighted by atomic mass is 16.2. The van der Waals surface area contributed by atoms with Crippen LogP contribution in [-0.2, 0) is 19.5 Å². The smallest absolute Gasteiger partial charge is 0.325 e. The van der Waals surface area contributed by atoms with Crippen LogP contribution in [0.15, 0.2) is 27.8 Å². The third kappa shape index (κ3) is 3.54. The first kappa shape index (κ1) is 19.9. The summed E-state index contributed by atoms with van der Waals surface area (Å²) in [6.45, 7) is 4.48. The number of hydrogen-bond acceptors (Lipinski definition) is 4. The summed E-state index contributed by atoms with van der Waals surface area (Å²) in [5.41, 5.74) is 3.49. The van der Waals surface area contributed by atoms with E-state index >= 15 is 0 Å². The maximum absolute atomic E-state index is 13.4. The van der Waals surface area contributed by atoms with Gasteiger partial charge < -0.3 is 14.8 Å². The number of rotatable bonds is 2. The van der Waals surface area contributed by atoms with E-state index in [2.05, 4.69) is 40.0 Å². The average molecular weight is 424 g/mol. The lowest BCUT2D eigenvalue weighted by molar-refractivity contribution is 0.204. The number of aromatic nitrogens is 2. The first-order valence-electron chi connectivity index (χ1n) is 11.4. The van der Waals surface area contributed by atoms with Crippen molar-refractivity contribution >= 4 is 17.4 Å². The Morgan fingerprint density at radius 2 is 1.97 bits per heavy atom. The molecule has 1 aromatic carbocycles. The van der Waals surface area contributed by atoms with Crippen molar-refractivity contribution in [3.05, 3.63) is 55.9 Å². The molecule has 164 valence electrons. The molecule has 2 amide bonds. The Morgan fingerprint density at radius 1 is 1.10 bits per heavy atom. The molecule has 1 unspecified atom stereocenters. The van der Waals surface area contributed by atoms with Gasteiger partial charge in [-0.25, -0.2) is 9.59 Å². The van der Waals surface area contributed by atoms with E-state index in [1.54, 1.807) is 4.90 Å². The van der Waals surface area contributed by atoms with Gasteiger partial charge in [0, 0.05) is 36.2 Å². The number of hydrogen-bond donors (Lipinski definition) is 2. The van der Waals surface area contributed by atoms with Crippen LogP contribution < -0.4 is 21.0 Å². The predicted octanol–water partition coefficient (Wildman–Crippen LogP) is 2.72. The third-order valence-corrected chi connectivity index (χ3v) is 6.94. The van der Waals surface area contributed by atoms with Crippen LogP contribution in [-0.4, -0.2) is 40.0 Å². The summed E-state index contributed by atoms with van der Waals surface area (Å²) in [6.07, 6.45) is 6.80. The molecule has 1 fully saturated rings. The molecule has 3 aliphatic heterocycles. The van der Waals surface area contributed by atoms with Crippen molar-refractivity contribution in [2.75, 3.05) is 22.9 Å². The Morgan fingerprint density at radius 3 is 2.81 bits per heavy atom. The van der Waals surface area contributed by atoms with Crippen LogP contribution in [0.25, 0.3) is 0 Å². The maximum atomic E-state index is 13.4. The first-order valence-corrected chi connectivity index (χ1v) is 11.4. The highest BCUT2D eigenvalue weighted by molar-refractivity contribution is 5.94. The van der Waals surface area contributed by atoms with E-state index in [0.29, 0.717) is 23.8 Å². The Hall–Kier alpha value is -3.03. The highest BCUT2D eigenvalue weighted by Crippen LogP contribution is 2.35. The molecule has 8 nitrogen and oxygen atoms in total. The molecule has 0 aliphatic carbocycles. The fraction of sp³-hybridized carbons (Fsp3) is 0.522. The molecule has 1 atom stereocenters. The standard InChI is InChI=1S/C23H29N5O3/c1-2-16-7-3-4-10-27(16)17-8-9-20-15(12-17)6-5-11-28(20)23(31)26-13-18-19(14-26)24-22(30)25-21(18)29/h8-9,12,16H,2-7,10-11,13-14H2,1H3,(H2,24,25,29,30). The van der Waals surface area contributed by atoms with E-state index in [1.807, 2.05) is 4.90 Å². The molecule has 1 aromatic heterocycles. The number of fused-ring (bicyclic) bond motifs is 2. The number of benzene rings is 1. The van der Waals surface area contributed by atoms with Gasteiger partial charge in [0.05, 0.1) is 18.7 Å². The van der Waals surface area contributed by atoms with Crippen LogP contribution in [0.3, 0.4) is 0 Å². The van der Waals surface area contributed by atoms with Crippen molar-refractivity contribution in [2.45, 2.75) is 64.6 Å². The largest absolute Gasteiger partial charge is 0.369 e. The molecule has 0 saturated carbocycles. The van der Waals surface area contributed by atoms with Gasteiger partial charge in [0.1, 0.15) is 0 Å². The second kappa shape index (κ2) is 7.90. The lowest BCUT2D eigenvalue weighted by atomic mass is 9.96. The molecule has 8 heteroatoms. The summed E-state index contributed by atoms with van der Waals surface area (Å²) < 4.78 is 0. The van der Waals surface area contributed by atoms with E-state index in [0.717, 1.165) is 31.5 Å². The summed E-state index contributed by atoms with van der Waals surface area (Å²) in [4.78, 5) is 47.9. The fourth-order valence-corrected chi connectivity index (χ4v) is 5.33. The van der Waals surface area contributed by atoms with Gasteiger partial charge in [-0.15, -0.1) is 0 Å². The van der Waals surface area contributed by atoms with Crippen molar-refractivity contribution in [1.29, 1.82) is 0 Å². The summed E-state index contributed by atoms with van der Waals surface area (Å²) in [6, 6.07) is 6.98. The van der Waals surface area contributed by atoms with Gasteiger partial charge in [0.15, 0.2) is 0 Å². The van der Waals surface area contributed by atoms with Gasteiger partial charge in [-0.1, -0.05) is 6.92 Å². The number of carbonyl (C=O) groups excluding carboxylic acids is 1. The lowest BCUT2D eigenvalue weighted by Gasteiger charge is -2.38. The van der Waals surface area contributed by atoms with Crippen molar-refractivity contribution in [1.82, 2.24) is 14.9 Å². The number of H-pyrrole nitrogens is 2. The number of nitrogens with one attached hydrogen (secondary N) is 2. The quantitative estimate of drug-likeness (QED) is 0.777. The number of amides is 2. The second-order valence-corrected chi connectivity index (χ2v) is 8.82. The summed E-state index contributed by atoms with van der Waals surface area (Å²) in [7, 11) is 0. The van der Waals surface area contributed by atoms with E-state index in [-0.39, 0.29) is 19.1 Å². The molecule has 3 aliphatic rings. The molecule has 4 heterocycles. The second-order valence-electron chi connectivity index (χ2n) is 8.82. The van der Waals surface area contributed by atoms with E-state index in [1.165, 1.54) is 30.5 Å². The van der Waals surface area contributed by atoms with Gasteiger partial charge in [-0.2, -0.15) is 0 Å². The molecule has 0 bridgehead atoms. The molecule has 31 heavy (non-hydrogen) atoms. The summed E-state index contributed by atoms with van der Waals surface area (Å²) in [5, 5.41) is 0. The molecule has 0 radical (unpaired) electrons. The van der Waals surface area contributed by atoms with Crippen LogP contribution in [0, 0.1) is 0 Å². The normalized spacial score (nSPS) is 20.5. The van der Waals surface area contributed by atoms with Gasteiger partial charge in [-0.3, -0.25) is 14.7 Å². The minimum atomic E-state index is -0.531. The Kier molecular flexibility index (Phi) is 5.08. The van der Waals surface area contributed by atoms with Crippen molar-refractivity contribution in [3.8, 4) is 0 Å². The van der Waals surface area contributed by atoms with Gasteiger partial charge in [0.2, 0.25) is 0 Å². The zero-order valence-electron chi connectivity index (χ0n) is 17.9. The zero-order chi connectivity index (χ0) is 21.5. The lowest BCUT2D eigenvalue weighted by Crippen LogP contribution is -2.43. The number of aryl methyl sites for hydroxylation is 1. The van der Waals surface area contributed by atoms with Gasteiger partial charge in [0.25, 0.3) is 5.56 Å². The third-order valence-electron chi connectivity index (χ3n) is 6.94. The number of aromatic amines is 2. The maximum Gasteiger partial charge on any atom is 0.325 e. The Labute approximate surface area is 180 Å². The van der Waals surface area contributed by atoms with Crippen LogP contribution in [0.5, 0.6) is 0 Å². The summed E-state index contributed by atoms with van der Waals surface area (Å²) in [5.74, 6) is 0. The van der Waals surface area contributed by atoms with E-state index < -0.39 is 11.2 Å². The number of anilines is 2. The number of nitrogens with zero attached hydrogens (tertiary/aromatic N) is 3. The van der Waals surface area contributed by atoms with Crippen molar-refractivity contribution < 1.29 is 4.79 Å². The topological polar surface area (TPSA) is 92.5 Å². The monoisotopic (exact) mass is 423 g/mol. The Bertz CT molecular complexity index is 1120. The molecule has 2 aromatic rings. The zero-order valence-corrected chi connectivity index (χ0v) is 17.9. The van der Waals surface area contributed by atoms with Gasteiger partial charge >= 0.3 is 11.7 Å². The fourth-order valence-electron chi connectivity index (χ4n) is 5.33. The first-order chi connectivity index (χ1) is 15.0. The van der Waals surface area contributed by atoms with E-state index in [4.69, 9.17) is 0 Å². The summed E-state index contributed by atoms with van der Waals surface area (Å²) >= 11 is 0. The SMILES string of the molecule is CCC1CCCCN1c1ccc2c(c1)CCCN2C(=O)N1Cc2[nH]c(=O)[nH]c(=O)c2C1. The van der Waals surface area contributed by atoms with E-state index in [9.17, 15) is 14.4 Å². The number of urea groups is 1. The molecule has 1 saturated heterocycles. The molecule has 2 N–H and O–H groups in total. The minimum absolute atomic E-state index is 0.116. The molecular weight excluding hydrogens is 394 g/mol. The number of piperidine rings is 1. The van der Waals surface area contributed by atoms with Crippen LogP contribution in [0.1, 0.15) is 55.8 Å². The molecule has 5 rings (SSSR count). The average Bonchev–Trinajstić information content (AvgIpc) is 3.22. The van der Waals surface area contributed by atoms with Crippen LogP contribution in [0.4, 0.5) is 16.2 Å². The van der Waals surface area contributed by atoms with Crippen LogP contribution >= 0.6 is 0 Å². The minimum Gasteiger partial charge on any atom is -0.369 e. The highest BCUT2D eigenvalue weighted by Gasteiger charge is 2.32. The molecular formula is C23H29N5O3. The van der Waals surface area contributed by atoms with Crippen molar-refractivity contribution in [2.24, 2.45) is 0 Å².